The van der Waals surface area contributed by atoms with Crippen LogP contribution >= 0.6 is 11.3 Å². The van der Waals surface area contributed by atoms with E-state index in [1.807, 2.05) is 32.9 Å². The van der Waals surface area contributed by atoms with Crippen LogP contribution in [0.1, 0.15) is 36.0 Å². The second-order valence-corrected chi connectivity index (χ2v) is 7.34. The number of hydrogen-bond donors (Lipinski definition) is 2. The number of nitrogens with zero attached hydrogens (tertiary/aromatic N) is 4. The molecule has 3 heterocycles. The van der Waals surface area contributed by atoms with E-state index in [-0.39, 0.29) is 18.0 Å². The lowest BCUT2D eigenvalue weighted by atomic mass is 10.2. The first kappa shape index (κ1) is 23.8. The van der Waals surface area contributed by atoms with Gasteiger partial charge in [-0.25, -0.2) is 15.6 Å². The zero-order valence-electron chi connectivity index (χ0n) is 18.1. The highest BCUT2D eigenvalue weighted by atomic mass is 32.1. The van der Waals surface area contributed by atoms with E-state index in [1.54, 1.807) is 28.1 Å². The molecule has 0 fully saturated rings. The third-order valence-electron chi connectivity index (χ3n) is 4.09. The van der Waals surface area contributed by atoms with Crippen molar-refractivity contribution in [3.8, 4) is 10.6 Å². The number of methoxy groups -OCH3 is 1. The lowest BCUT2D eigenvalue weighted by Gasteiger charge is -2.21. The molecule has 0 unspecified atom stereocenters. The van der Waals surface area contributed by atoms with Gasteiger partial charge in [0, 0.05) is 18.0 Å². The van der Waals surface area contributed by atoms with Crippen LogP contribution in [0.3, 0.4) is 0 Å². The number of carbonyl (C=O) groups is 2. The van der Waals surface area contributed by atoms with Crippen molar-refractivity contribution in [1.29, 1.82) is 0 Å². The van der Waals surface area contributed by atoms with Gasteiger partial charge in [-0.1, -0.05) is 13.8 Å². The molecule has 0 saturated carbocycles. The number of aromatic nitrogens is 2. The van der Waals surface area contributed by atoms with E-state index in [2.05, 4.69) is 10.1 Å². The van der Waals surface area contributed by atoms with Crippen LogP contribution in [-0.2, 0) is 14.3 Å². The lowest BCUT2D eigenvalue weighted by Crippen LogP contribution is -2.41. The molecule has 0 aliphatic heterocycles. The van der Waals surface area contributed by atoms with Gasteiger partial charge in [0.05, 0.1) is 29.4 Å². The average Bonchev–Trinajstić information content (AvgIpc) is 3.39. The third kappa shape index (κ3) is 5.19. The van der Waals surface area contributed by atoms with Gasteiger partial charge in [-0.15, -0.1) is 11.3 Å². The van der Waals surface area contributed by atoms with Crippen LogP contribution in [0.4, 0.5) is 5.69 Å². The number of fused-ring (bicyclic) bond motifs is 1. The molecule has 3 aromatic rings. The molecule has 3 aromatic heterocycles. The molecule has 31 heavy (non-hydrogen) atoms. The number of hydrazine groups is 1. The summed E-state index contributed by atoms with van der Waals surface area (Å²) in [7, 11) is 1.29. The predicted molar refractivity (Wildman–Crippen MR) is 121 cm³/mol. The van der Waals surface area contributed by atoms with Crippen LogP contribution in [0, 0.1) is 6.92 Å². The molecule has 0 atom stereocenters. The molecule has 10 nitrogen and oxygen atoms in total. The number of hydrogen-bond acceptors (Lipinski definition) is 9. The molecule has 0 bridgehead atoms. The maximum Gasteiger partial charge on any atom is 0.339 e. The minimum Gasteiger partial charge on any atom is -0.465 e. The van der Waals surface area contributed by atoms with Gasteiger partial charge in [0.2, 0.25) is 0 Å². The summed E-state index contributed by atoms with van der Waals surface area (Å²) in [5.74, 6) is 10.6. The molecular formula is C20H26N6O4S. The number of amidine groups is 1. The average molecular weight is 447 g/mol. The summed E-state index contributed by atoms with van der Waals surface area (Å²) in [5, 5.41) is 4.72. The fraction of sp³-hybridized carbons (Fsp3) is 0.300. The number of aryl methyl sites for hydroxylation is 1. The summed E-state index contributed by atoms with van der Waals surface area (Å²) >= 11 is 1.59. The molecule has 11 heteroatoms. The second kappa shape index (κ2) is 10.5. The Hall–Kier alpha value is -3.44. The van der Waals surface area contributed by atoms with Gasteiger partial charge in [-0.2, -0.15) is 5.10 Å². The van der Waals surface area contributed by atoms with Gasteiger partial charge in [-0.05, 0) is 25.1 Å². The normalized spacial score (nSPS) is 11.0. The van der Waals surface area contributed by atoms with Crippen molar-refractivity contribution < 1.29 is 19.1 Å². The Morgan fingerprint density at radius 1 is 1.32 bits per heavy atom. The first-order valence-electron chi connectivity index (χ1n) is 9.47. The van der Waals surface area contributed by atoms with E-state index in [0.29, 0.717) is 11.3 Å². The highest BCUT2D eigenvalue weighted by Crippen LogP contribution is 2.31. The van der Waals surface area contributed by atoms with Gasteiger partial charge in [-0.3, -0.25) is 14.2 Å². The van der Waals surface area contributed by atoms with Crippen LogP contribution in [0.5, 0.6) is 0 Å². The van der Waals surface area contributed by atoms with E-state index in [4.69, 9.17) is 21.2 Å². The standard InChI is InChI=1S/C18H20N6O4S.C2H6/c1-10-4-5-15(29-10)14-7-21-17-13(6-12(8-23(14)17)18(26)27-3)24(20)16(22-19)9-28-11(2)25;1-2/h4-8H,9,19-20H2,1-3H3;1-2H3/b22-16-;. The number of nitrogens with two attached hydrogens (primary N) is 2. The van der Waals surface area contributed by atoms with Gasteiger partial charge in [0.15, 0.2) is 18.1 Å². The van der Waals surface area contributed by atoms with E-state index < -0.39 is 11.9 Å². The van der Waals surface area contributed by atoms with Crippen LogP contribution < -0.4 is 16.7 Å². The van der Waals surface area contributed by atoms with Crippen molar-refractivity contribution in [2.24, 2.45) is 16.8 Å². The second-order valence-electron chi connectivity index (χ2n) is 6.05. The van der Waals surface area contributed by atoms with Crippen molar-refractivity contribution in [2.75, 3.05) is 18.7 Å². The van der Waals surface area contributed by atoms with Crippen molar-refractivity contribution in [1.82, 2.24) is 9.38 Å². The Bertz CT molecular complexity index is 1100. The van der Waals surface area contributed by atoms with E-state index in [0.717, 1.165) is 20.5 Å². The van der Waals surface area contributed by atoms with Crippen molar-refractivity contribution in [3.63, 3.8) is 0 Å². The minimum absolute atomic E-state index is 0.0700. The summed E-state index contributed by atoms with van der Waals surface area (Å²) in [6.07, 6.45) is 3.31. The number of anilines is 1. The fourth-order valence-corrected chi connectivity index (χ4v) is 3.58. The maximum atomic E-state index is 12.2. The Kier molecular flexibility index (Phi) is 8.11. The molecule has 0 spiro atoms. The molecule has 0 aromatic carbocycles. The number of rotatable bonds is 5. The summed E-state index contributed by atoms with van der Waals surface area (Å²) in [5.41, 5.74) is 1.83. The van der Waals surface area contributed by atoms with Crippen LogP contribution in [-0.4, -0.2) is 40.9 Å². The number of carbonyl (C=O) groups excluding carboxylic acids is 2. The van der Waals surface area contributed by atoms with E-state index in [9.17, 15) is 9.59 Å². The minimum atomic E-state index is -0.546. The first-order chi connectivity index (χ1) is 14.8. The quantitative estimate of drug-likeness (QED) is 0.201. The summed E-state index contributed by atoms with van der Waals surface area (Å²) in [6, 6.07) is 5.48. The number of imidazole rings is 1. The molecule has 0 aliphatic carbocycles. The van der Waals surface area contributed by atoms with E-state index in [1.165, 1.54) is 20.1 Å². The first-order valence-corrected chi connectivity index (χ1v) is 10.3. The number of ether oxygens (including phenoxy) is 2. The highest BCUT2D eigenvalue weighted by Gasteiger charge is 2.21. The fourth-order valence-electron chi connectivity index (χ4n) is 2.70. The summed E-state index contributed by atoms with van der Waals surface area (Å²) in [6.45, 7) is 7.02. The van der Waals surface area contributed by atoms with Gasteiger partial charge in [0.1, 0.15) is 5.69 Å². The molecular weight excluding hydrogens is 420 g/mol. The Balaban J connectivity index is 0.00000166. The number of hydrazone groups is 1. The molecule has 0 saturated heterocycles. The molecule has 3 rings (SSSR count). The predicted octanol–water partition coefficient (Wildman–Crippen LogP) is 2.70. The van der Waals surface area contributed by atoms with Crippen molar-refractivity contribution in [2.45, 2.75) is 27.7 Å². The largest absolute Gasteiger partial charge is 0.465 e. The number of thiophene rings is 1. The van der Waals surface area contributed by atoms with Crippen molar-refractivity contribution >= 4 is 40.4 Å². The number of esters is 2. The maximum absolute atomic E-state index is 12.2. The smallest absolute Gasteiger partial charge is 0.339 e. The van der Waals surface area contributed by atoms with Gasteiger partial charge >= 0.3 is 11.9 Å². The molecule has 166 valence electrons. The molecule has 0 aliphatic rings. The van der Waals surface area contributed by atoms with Gasteiger partial charge < -0.3 is 15.3 Å². The van der Waals surface area contributed by atoms with Crippen molar-refractivity contribution in [3.05, 3.63) is 41.0 Å². The SMILES string of the molecule is CC.COC(=O)c1cc(N(N)/C(COC(C)=O)=N\N)c2ncc(-c3ccc(C)s3)n2c1. The van der Waals surface area contributed by atoms with Crippen LogP contribution in [0.25, 0.3) is 16.2 Å². The lowest BCUT2D eigenvalue weighted by molar-refractivity contribution is -0.139. The zero-order chi connectivity index (χ0) is 23.1. The van der Waals surface area contributed by atoms with Crippen LogP contribution in [0.2, 0.25) is 0 Å². The third-order valence-corrected chi connectivity index (χ3v) is 5.11. The Labute approximate surface area is 184 Å². The summed E-state index contributed by atoms with van der Waals surface area (Å²) < 4.78 is 11.5. The highest BCUT2D eigenvalue weighted by molar-refractivity contribution is 7.15. The Morgan fingerprint density at radius 2 is 2.03 bits per heavy atom. The van der Waals surface area contributed by atoms with Crippen LogP contribution in [0.15, 0.2) is 35.7 Å². The molecule has 0 amide bonds. The summed E-state index contributed by atoms with van der Waals surface area (Å²) in [4.78, 5) is 29.9. The number of pyridine rings is 1. The van der Waals surface area contributed by atoms with E-state index >= 15 is 0 Å². The zero-order valence-corrected chi connectivity index (χ0v) is 18.9. The Morgan fingerprint density at radius 3 is 2.58 bits per heavy atom. The topological polar surface area (TPSA) is 138 Å². The molecule has 4 N–H and O–H groups in total. The monoisotopic (exact) mass is 446 g/mol. The molecule has 0 radical (unpaired) electrons. The van der Waals surface area contributed by atoms with Gasteiger partial charge in [0.25, 0.3) is 0 Å².